The second-order valence-electron chi connectivity index (χ2n) is 2.72. The molecule has 1 rings (SSSR count). The maximum absolute atomic E-state index is 9.20. The molecule has 0 spiro atoms. The van der Waals surface area contributed by atoms with E-state index in [4.69, 9.17) is 14.9 Å². The van der Waals surface area contributed by atoms with Crippen molar-refractivity contribution in [3.63, 3.8) is 0 Å². The average Bonchev–Trinajstić information content (AvgIpc) is 2.08. The molecule has 0 aromatic carbocycles. The van der Waals surface area contributed by atoms with Crippen molar-refractivity contribution in [2.75, 3.05) is 6.61 Å². The van der Waals surface area contributed by atoms with Crippen LogP contribution in [-0.2, 0) is 4.74 Å². The van der Waals surface area contributed by atoms with Crippen LogP contribution in [0.1, 0.15) is 0 Å². The first-order valence-electron chi connectivity index (χ1n) is 3.56. The van der Waals surface area contributed by atoms with Gasteiger partial charge in [-0.1, -0.05) is 0 Å². The summed E-state index contributed by atoms with van der Waals surface area (Å²) in [5.41, 5.74) is -0.874. The molecule has 1 aliphatic rings. The summed E-state index contributed by atoms with van der Waals surface area (Å²) in [5.74, 6) is 0. The van der Waals surface area contributed by atoms with Gasteiger partial charge in [0.15, 0.2) is 0 Å². The van der Waals surface area contributed by atoms with Crippen molar-refractivity contribution in [1.82, 2.24) is 0 Å². The monoisotopic (exact) mass is 196 g/mol. The van der Waals surface area contributed by atoms with Crippen LogP contribution in [-0.4, -0.2) is 56.9 Å². The van der Waals surface area contributed by atoms with Gasteiger partial charge in [-0.2, -0.15) is 0 Å². The SMILES string of the molecule is OC[C@@H]1O[C@@H](S)[C@@H](O)[C@@H](O)[C@@H]1O. The van der Waals surface area contributed by atoms with Crippen molar-refractivity contribution in [3.8, 4) is 0 Å². The highest BCUT2D eigenvalue weighted by Gasteiger charge is 2.41. The van der Waals surface area contributed by atoms with E-state index >= 15 is 0 Å². The van der Waals surface area contributed by atoms with Crippen LogP contribution in [0.3, 0.4) is 0 Å². The zero-order valence-corrected chi connectivity index (χ0v) is 7.13. The van der Waals surface area contributed by atoms with E-state index in [-0.39, 0.29) is 0 Å². The Kier molecular flexibility index (Phi) is 3.33. The molecule has 0 radical (unpaired) electrons. The van der Waals surface area contributed by atoms with E-state index in [2.05, 4.69) is 12.6 Å². The summed E-state index contributed by atoms with van der Waals surface area (Å²) in [5, 5.41) is 36.2. The highest BCUT2D eigenvalue weighted by molar-refractivity contribution is 7.80. The molecule has 1 aliphatic heterocycles. The first-order chi connectivity index (χ1) is 5.57. The summed E-state index contributed by atoms with van der Waals surface area (Å²) >= 11 is 3.81. The lowest BCUT2D eigenvalue weighted by molar-refractivity contribution is -0.205. The molecule has 0 aliphatic carbocycles. The maximum atomic E-state index is 9.20. The predicted molar refractivity (Wildman–Crippen MR) is 42.8 cm³/mol. The van der Waals surface area contributed by atoms with Gasteiger partial charge in [0.1, 0.15) is 29.9 Å². The van der Waals surface area contributed by atoms with Gasteiger partial charge in [-0.25, -0.2) is 0 Å². The molecule has 0 bridgehead atoms. The maximum Gasteiger partial charge on any atom is 0.129 e. The minimum absolute atomic E-state index is 0.415. The lowest BCUT2D eigenvalue weighted by Gasteiger charge is -2.37. The zero-order chi connectivity index (χ0) is 9.30. The third-order valence-electron chi connectivity index (χ3n) is 1.87. The van der Waals surface area contributed by atoms with E-state index in [0.29, 0.717) is 0 Å². The second-order valence-corrected chi connectivity index (χ2v) is 3.23. The smallest absolute Gasteiger partial charge is 0.129 e. The van der Waals surface area contributed by atoms with E-state index in [1.54, 1.807) is 0 Å². The van der Waals surface area contributed by atoms with E-state index in [1.807, 2.05) is 0 Å². The van der Waals surface area contributed by atoms with Gasteiger partial charge in [-0.05, 0) is 0 Å². The summed E-state index contributed by atoms with van der Waals surface area (Å²) < 4.78 is 4.88. The Morgan fingerprint density at radius 2 is 1.67 bits per heavy atom. The summed E-state index contributed by atoms with van der Waals surface area (Å²) in [6, 6.07) is 0. The van der Waals surface area contributed by atoms with Crippen LogP contribution < -0.4 is 0 Å². The molecule has 12 heavy (non-hydrogen) atoms. The lowest BCUT2D eigenvalue weighted by Crippen LogP contribution is -2.56. The van der Waals surface area contributed by atoms with Gasteiger partial charge in [-0.15, -0.1) is 12.6 Å². The number of thiol groups is 1. The number of ether oxygens (including phenoxy) is 1. The molecule has 1 saturated heterocycles. The number of aliphatic hydroxyl groups excluding tert-OH is 4. The van der Waals surface area contributed by atoms with Gasteiger partial charge < -0.3 is 25.2 Å². The van der Waals surface area contributed by atoms with Crippen molar-refractivity contribution < 1.29 is 25.2 Å². The highest BCUT2D eigenvalue weighted by Crippen LogP contribution is 2.22. The first kappa shape index (κ1) is 10.2. The topological polar surface area (TPSA) is 90.2 Å². The van der Waals surface area contributed by atoms with Crippen LogP contribution in [0.15, 0.2) is 0 Å². The van der Waals surface area contributed by atoms with Crippen molar-refractivity contribution in [2.45, 2.75) is 29.9 Å². The fourth-order valence-corrected chi connectivity index (χ4v) is 1.41. The molecule has 4 N–H and O–H groups in total. The van der Waals surface area contributed by atoms with Crippen LogP contribution in [0, 0.1) is 0 Å². The summed E-state index contributed by atoms with van der Waals surface area (Å²) in [6.45, 7) is -0.415. The Labute approximate surface area is 75.0 Å². The van der Waals surface area contributed by atoms with E-state index in [9.17, 15) is 10.2 Å². The van der Waals surface area contributed by atoms with Crippen LogP contribution in [0.4, 0.5) is 0 Å². The van der Waals surface area contributed by atoms with Crippen LogP contribution in [0.5, 0.6) is 0 Å². The van der Waals surface area contributed by atoms with Crippen molar-refractivity contribution in [2.24, 2.45) is 0 Å². The Hall–Kier alpha value is 0.150. The van der Waals surface area contributed by atoms with Gasteiger partial charge in [0.2, 0.25) is 0 Å². The first-order valence-corrected chi connectivity index (χ1v) is 4.08. The third kappa shape index (κ3) is 1.73. The fourth-order valence-electron chi connectivity index (χ4n) is 1.08. The Morgan fingerprint density at radius 1 is 1.08 bits per heavy atom. The predicted octanol–water partition coefficient (Wildman–Crippen LogP) is -2.28. The van der Waals surface area contributed by atoms with Crippen LogP contribution >= 0.6 is 12.6 Å². The van der Waals surface area contributed by atoms with Crippen molar-refractivity contribution >= 4 is 12.6 Å². The molecule has 5 atom stereocenters. The number of hydrogen-bond acceptors (Lipinski definition) is 6. The van der Waals surface area contributed by atoms with E-state index in [0.717, 1.165) is 0 Å². The molecule has 1 fully saturated rings. The summed E-state index contributed by atoms with van der Waals surface area (Å²) in [6.07, 6.45) is -4.70. The summed E-state index contributed by atoms with van der Waals surface area (Å²) in [7, 11) is 0. The van der Waals surface area contributed by atoms with Crippen LogP contribution in [0.25, 0.3) is 0 Å². The molecular formula is C6H12O5S. The van der Waals surface area contributed by atoms with Crippen molar-refractivity contribution in [3.05, 3.63) is 0 Å². The molecule has 72 valence electrons. The molecular weight excluding hydrogens is 184 g/mol. The third-order valence-corrected chi connectivity index (χ3v) is 2.29. The summed E-state index contributed by atoms with van der Waals surface area (Å²) in [4.78, 5) is 0. The molecule has 0 unspecified atom stereocenters. The largest absolute Gasteiger partial charge is 0.394 e. The van der Waals surface area contributed by atoms with Gasteiger partial charge in [-0.3, -0.25) is 0 Å². The van der Waals surface area contributed by atoms with Gasteiger partial charge in [0.25, 0.3) is 0 Å². The Balaban J connectivity index is 2.63. The normalized spacial score (nSPS) is 49.2. The average molecular weight is 196 g/mol. The highest BCUT2D eigenvalue weighted by atomic mass is 32.1. The number of rotatable bonds is 1. The number of hydrogen-bond donors (Lipinski definition) is 5. The molecule has 5 nitrogen and oxygen atoms in total. The van der Waals surface area contributed by atoms with E-state index < -0.39 is 36.5 Å². The standard InChI is InChI=1S/C6H12O5S/c7-1-2-3(8)4(9)5(10)6(12)11-2/h2-10,12H,1H2/t2-,3+,4-,5-,6-/m0/s1. The fraction of sp³-hybridized carbons (Fsp3) is 1.00. The van der Waals surface area contributed by atoms with Gasteiger partial charge in [0.05, 0.1) is 6.61 Å². The minimum Gasteiger partial charge on any atom is -0.394 e. The van der Waals surface area contributed by atoms with Crippen molar-refractivity contribution in [1.29, 1.82) is 0 Å². The molecule has 0 aromatic rings. The second kappa shape index (κ2) is 3.91. The molecule has 0 amide bonds. The van der Waals surface area contributed by atoms with Gasteiger partial charge >= 0.3 is 0 Å². The zero-order valence-electron chi connectivity index (χ0n) is 6.24. The van der Waals surface area contributed by atoms with E-state index in [1.165, 1.54) is 0 Å². The van der Waals surface area contributed by atoms with Gasteiger partial charge in [0, 0.05) is 0 Å². The van der Waals surface area contributed by atoms with Crippen LogP contribution in [0.2, 0.25) is 0 Å². The molecule has 0 aromatic heterocycles. The number of aliphatic hydroxyl groups is 4. The molecule has 1 heterocycles. The quantitative estimate of drug-likeness (QED) is 0.305. The molecule has 0 saturated carbocycles. The Morgan fingerprint density at radius 3 is 2.17 bits per heavy atom. The molecule has 6 heteroatoms. The minimum atomic E-state index is -1.32. The lowest BCUT2D eigenvalue weighted by atomic mass is 10.0. The Bertz CT molecular complexity index is 150.